The summed E-state index contributed by atoms with van der Waals surface area (Å²) in [5.41, 5.74) is 0. The monoisotopic (exact) mass is 412 g/mol. The molecule has 2 amide bonds. The summed E-state index contributed by atoms with van der Waals surface area (Å²) in [5.74, 6) is 0.909. The van der Waals surface area contributed by atoms with Crippen LogP contribution in [0.15, 0.2) is 33.6 Å². The van der Waals surface area contributed by atoms with Gasteiger partial charge < -0.3 is 10.2 Å². The summed E-state index contributed by atoms with van der Waals surface area (Å²) in [6.45, 7) is 2.18. The van der Waals surface area contributed by atoms with Crippen LogP contribution in [0.4, 0.5) is 0 Å². The van der Waals surface area contributed by atoms with Gasteiger partial charge in [0.05, 0.1) is 0 Å². The van der Waals surface area contributed by atoms with E-state index in [1.807, 2.05) is 29.2 Å². The first-order valence-corrected chi connectivity index (χ1v) is 10.4. The van der Waals surface area contributed by atoms with Crippen molar-refractivity contribution in [2.75, 3.05) is 25.4 Å². The van der Waals surface area contributed by atoms with Crippen molar-refractivity contribution >= 4 is 39.5 Å². The zero-order chi connectivity index (χ0) is 17.2. The van der Waals surface area contributed by atoms with Crippen LogP contribution < -0.4 is 5.32 Å². The lowest BCUT2D eigenvalue weighted by molar-refractivity contribution is -0.131. The first-order valence-electron chi connectivity index (χ1n) is 8.58. The minimum Gasteiger partial charge on any atom is -0.356 e. The fourth-order valence-corrected chi connectivity index (χ4v) is 4.21. The molecule has 0 saturated carbocycles. The van der Waals surface area contributed by atoms with Gasteiger partial charge in [0.15, 0.2) is 0 Å². The van der Waals surface area contributed by atoms with Crippen molar-refractivity contribution in [3.8, 4) is 0 Å². The molecule has 0 spiro atoms. The van der Waals surface area contributed by atoms with Gasteiger partial charge in [0.25, 0.3) is 0 Å². The van der Waals surface area contributed by atoms with E-state index in [4.69, 9.17) is 0 Å². The Hall–Kier alpha value is -1.01. The Labute approximate surface area is 156 Å². The number of carbonyl (C=O) groups is 2. The first-order chi connectivity index (χ1) is 11.7. The number of benzene rings is 1. The Morgan fingerprint density at radius 2 is 1.79 bits per heavy atom. The van der Waals surface area contributed by atoms with Gasteiger partial charge in [-0.25, -0.2) is 0 Å². The lowest BCUT2D eigenvalue weighted by Crippen LogP contribution is -2.35. The molecular weight excluding hydrogens is 388 g/mol. The molecule has 0 aliphatic carbocycles. The van der Waals surface area contributed by atoms with Crippen molar-refractivity contribution in [3.05, 3.63) is 28.7 Å². The maximum absolute atomic E-state index is 12.1. The fraction of sp³-hybridized carbons (Fsp3) is 0.556. The molecule has 1 N–H and O–H groups in total. The predicted octanol–water partition coefficient (Wildman–Crippen LogP) is 3.84. The summed E-state index contributed by atoms with van der Waals surface area (Å²) in [7, 11) is 0. The molecule has 0 atom stereocenters. The van der Waals surface area contributed by atoms with Crippen LogP contribution in [0.1, 0.15) is 38.5 Å². The number of carbonyl (C=O) groups excluding carboxylic acids is 2. The third-order valence-corrected chi connectivity index (χ3v) is 6.07. The minimum absolute atomic E-state index is 0.0122. The second-order valence-electron chi connectivity index (χ2n) is 5.92. The largest absolute Gasteiger partial charge is 0.356 e. The number of amides is 2. The van der Waals surface area contributed by atoms with Gasteiger partial charge in [-0.05, 0) is 40.9 Å². The molecule has 1 aromatic carbocycles. The zero-order valence-electron chi connectivity index (χ0n) is 13.9. The SMILES string of the molecule is O=C(CCSc1ccccc1Br)NCCC(=O)N1CCCCCC1. The van der Waals surface area contributed by atoms with E-state index in [1.165, 1.54) is 12.8 Å². The van der Waals surface area contributed by atoms with Gasteiger partial charge in [-0.3, -0.25) is 9.59 Å². The Morgan fingerprint density at radius 1 is 1.08 bits per heavy atom. The van der Waals surface area contributed by atoms with Crippen LogP contribution in [0.3, 0.4) is 0 Å². The van der Waals surface area contributed by atoms with Crippen LogP contribution in [-0.2, 0) is 9.59 Å². The van der Waals surface area contributed by atoms with E-state index in [1.54, 1.807) is 11.8 Å². The van der Waals surface area contributed by atoms with E-state index < -0.39 is 0 Å². The van der Waals surface area contributed by atoms with E-state index in [-0.39, 0.29) is 11.8 Å². The van der Waals surface area contributed by atoms with E-state index in [2.05, 4.69) is 21.2 Å². The molecule has 0 radical (unpaired) electrons. The molecule has 2 rings (SSSR count). The third kappa shape index (κ3) is 6.85. The van der Waals surface area contributed by atoms with Gasteiger partial charge >= 0.3 is 0 Å². The molecule has 1 heterocycles. The molecule has 0 unspecified atom stereocenters. The van der Waals surface area contributed by atoms with Crippen molar-refractivity contribution in [1.82, 2.24) is 10.2 Å². The number of thioether (sulfide) groups is 1. The average molecular weight is 413 g/mol. The summed E-state index contributed by atoms with van der Waals surface area (Å²) in [5, 5.41) is 2.86. The van der Waals surface area contributed by atoms with Crippen LogP contribution >= 0.6 is 27.7 Å². The second-order valence-corrected chi connectivity index (χ2v) is 7.91. The molecule has 1 fully saturated rings. The average Bonchev–Trinajstić information content (AvgIpc) is 2.86. The van der Waals surface area contributed by atoms with Crippen LogP contribution in [0.5, 0.6) is 0 Å². The standard InChI is InChI=1S/C18H25BrN2O2S/c19-15-7-3-4-8-16(15)24-14-10-17(22)20-11-9-18(23)21-12-5-1-2-6-13-21/h3-4,7-8H,1-2,5-6,9-14H2,(H,20,22). The van der Waals surface area contributed by atoms with E-state index >= 15 is 0 Å². The van der Waals surface area contributed by atoms with Gasteiger partial charge in [-0.15, -0.1) is 11.8 Å². The van der Waals surface area contributed by atoms with E-state index in [0.29, 0.717) is 19.4 Å². The molecule has 1 aliphatic rings. The number of halogens is 1. The Morgan fingerprint density at radius 3 is 2.50 bits per heavy atom. The van der Waals surface area contributed by atoms with Crippen molar-refractivity contribution in [2.24, 2.45) is 0 Å². The summed E-state index contributed by atoms with van der Waals surface area (Å²) in [4.78, 5) is 27.1. The van der Waals surface area contributed by atoms with Gasteiger partial charge in [0.2, 0.25) is 11.8 Å². The quantitative estimate of drug-likeness (QED) is 0.691. The molecule has 24 heavy (non-hydrogen) atoms. The predicted molar refractivity (Wildman–Crippen MR) is 102 cm³/mol. The van der Waals surface area contributed by atoms with Crippen LogP contribution in [0.25, 0.3) is 0 Å². The van der Waals surface area contributed by atoms with E-state index in [9.17, 15) is 9.59 Å². The molecule has 1 saturated heterocycles. The minimum atomic E-state index is 0.0122. The highest BCUT2D eigenvalue weighted by Crippen LogP contribution is 2.27. The van der Waals surface area contributed by atoms with Gasteiger partial charge in [-0.2, -0.15) is 0 Å². The molecule has 6 heteroatoms. The summed E-state index contributed by atoms with van der Waals surface area (Å²) < 4.78 is 1.05. The number of hydrogen-bond acceptors (Lipinski definition) is 3. The van der Waals surface area contributed by atoms with Gasteiger partial charge in [0.1, 0.15) is 0 Å². The molecule has 1 aliphatic heterocycles. The lowest BCUT2D eigenvalue weighted by atomic mass is 10.2. The highest BCUT2D eigenvalue weighted by atomic mass is 79.9. The first kappa shape index (κ1) is 19.3. The molecule has 132 valence electrons. The van der Waals surface area contributed by atoms with Gasteiger partial charge in [-0.1, -0.05) is 25.0 Å². The highest BCUT2D eigenvalue weighted by Gasteiger charge is 2.15. The highest BCUT2D eigenvalue weighted by molar-refractivity contribution is 9.10. The number of hydrogen-bond donors (Lipinski definition) is 1. The molecule has 4 nitrogen and oxygen atoms in total. The second kappa shape index (κ2) is 10.8. The molecular formula is C18H25BrN2O2S. The Kier molecular flexibility index (Phi) is 8.67. The van der Waals surface area contributed by atoms with Crippen molar-refractivity contribution in [2.45, 2.75) is 43.4 Å². The number of rotatable bonds is 7. The third-order valence-electron chi connectivity index (χ3n) is 4.04. The Bertz CT molecular complexity index is 546. The number of likely N-dealkylation sites (tertiary alicyclic amines) is 1. The smallest absolute Gasteiger partial charge is 0.224 e. The van der Waals surface area contributed by atoms with Crippen LogP contribution in [0, 0.1) is 0 Å². The zero-order valence-corrected chi connectivity index (χ0v) is 16.3. The maximum atomic E-state index is 12.1. The summed E-state index contributed by atoms with van der Waals surface area (Å²) in [6.07, 6.45) is 5.51. The van der Waals surface area contributed by atoms with Crippen LogP contribution in [0.2, 0.25) is 0 Å². The van der Waals surface area contributed by atoms with Crippen molar-refractivity contribution in [1.29, 1.82) is 0 Å². The maximum Gasteiger partial charge on any atom is 0.224 e. The van der Waals surface area contributed by atoms with E-state index in [0.717, 1.165) is 41.1 Å². The fourth-order valence-electron chi connectivity index (χ4n) is 2.69. The number of nitrogens with zero attached hydrogens (tertiary/aromatic N) is 1. The van der Waals surface area contributed by atoms with Crippen molar-refractivity contribution < 1.29 is 9.59 Å². The normalized spacial score (nSPS) is 15.0. The van der Waals surface area contributed by atoms with Crippen LogP contribution in [-0.4, -0.2) is 42.1 Å². The molecule has 0 bridgehead atoms. The molecule has 1 aromatic rings. The summed E-state index contributed by atoms with van der Waals surface area (Å²) >= 11 is 5.16. The Balaban J connectivity index is 1.59. The topological polar surface area (TPSA) is 49.4 Å². The van der Waals surface area contributed by atoms with Gasteiger partial charge in [0, 0.05) is 47.6 Å². The number of nitrogens with one attached hydrogen (secondary N) is 1. The van der Waals surface area contributed by atoms with Crippen molar-refractivity contribution in [3.63, 3.8) is 0 Å². The molecule has 0 aromatic heterocycles. The summed E-state index contributed by atoms with van der Waals surface area (Å²) in [6, 6.07) is 7.99. The lowest BCUT2D eigenvalue weighted by Gasteiger charge is -2.20.